The van der Waals surface area contributed by atoms with E-state index in [1.54, 1.807) is 0 Å². The Morgan fingerprint density at radius 3 is 1.00 bits per heavy atom. The van der Waals surface area contributed by atoms with Crippen molar-refractivity contribution in [1.82, 2.24) is 0 Å². The fourth-order valence-electron chi connectivity index (χ4n) is 0. The first-order valence-electron chi connectivity index (χ1n) is 0.378. The summed E-state index contributed by atoms with van der Waals surface area (Å²) in [6.45, 7) is 0. The van der Waals surface area contributed by atoms with Gasteiger partial charge in [0.2, 0.25) is 0 Å². The SMILES string of the molecule is CI.S.S. The lowest BCUT2D eigenvalue weighted by Gasteiger charge is -1.05. The van der Waals surface area contributed by atoms with Gasteiger partial charge in [0.15, 0.2) is 0 Å². The topological polar surface area (TPSA) is 0 Å². The van der Waals surface area contributed by atoms with Crippen LogP contribution in [-0.4, -0.2) is 4.93 Å². The minimum atomic E-state index is 0. The molecule has 0 atom stereocenters. The standard InChI is InChI=1S/CH3I.2H2S/c1-2;;/h1H3;2*1H2. The molecule has 0 rings (SSSR count). The molecule has 0 N–H and O–H groups in total. The van der Waals surface area contributed by atoms with Crippen molar-refractivity contribution in [2.45, 2.75) is 0 Å². The Morgan fingerprint density at radius 1 is 1.00 bits per heavy atom. The molecule has 0 aromatic carbocycles. The average Bonchev–Trinajstić information content (AvgIpc) is 1.00. The molecule has 0 aromatic heterocycles. The van der Waals surface area contributed by atoms with E-state index in [0.717, 1.165) is 0 Å². The highest BCUT2D eigenvalue weighted by Gasteiger charge is 0.950. The van der Waals surface area contributed by atoms with Gasteiger partial charge in [0.1, 0.15) is 0 Å². The van der Waals surface area contributed by atoms with Crippen LogP contribution in [-0.2, 0) is 0 Å². The fraction of sp³-hybridized carbons (Fsp3) is 1.00. The lowest BCUT2D eigenvalue weighted by molar-refractivity contribution is 2.66. The normalized spacial score (nSPS) is 1.50. The molecule has 0 spiro atoms. The first-order valence-corrected chi connectivity index (χ1v) is 2.54. The Kier molecular flexibility index (Phi) is 115. The van der Waals surface area contributed by atoms with Gasteiger partial charge in [-0.1, -0.05) is 22.6 Å². The smallest absolute Gasteiger partial charge is 0.0121 e. The highest BCUT2D eigenvalue weighted by atomic mass is 127. The van der Waals surface area contributed by atoms with Crippen molar-refractivity contribution in [1.29, 1.82) is 0 Å². The minimum Gasteiger partial charge on any atom is -0.197 e. The van der Waals surface area contributed by atoms with Crippen LogP contribution in [0.5, 0.6) is 0 Å². The molecule has 0 saturated carbocycles. The van der Waals surface area contributed by atoms with Crippen LogP contribution in [0.1, 0.15) is 0 Å². The molecule has 0 bridgehead atoms. The third-order valence-electron chi connectivity index (χ3n) is 0. The zero-order chi connectivity index (χ0) is 2.00. The molecule has 0 aliphatic rings. The summed E-state index contributed by atoms with van der Waals surface area (Å²) >= 11 is 2.15. The first kappa shape index (κ1) is 18.0. The summed E-state index contributed by atoms with van der Waals surface area (Å²) < 4.78 is 0. The maximum atomic E-state index is 2.15. The second-order valence-corrected chi connectivity index (χ2v) is 0. The van der Waals surface area contributed by atoms with Gasteiger partial charge < -0.3 is 0 Å². The Balaban J connectivity index is -0.00000000500. The Morgan fingerprint density at radius 2 is 1.00 bits per heavy atom. The van der Waals surface area contributed by atoms with E-state index in [-0.39, 0.29) is 27.0 Å². The van der Waals surface area contributed by atoms with E-state index < -0.39 is 0 Å². The van der Waals surface area contributed by atoms with Crippen molar-refractivity contribution in [2.75, 3.05) is 4.93 Å². The van der Waals surface area contributed by atoms with E-state index in [4.69, 9.17) is 0 Å². The van der Waals surface area contributed by atoms with Gasteiger partial charge in [-0.05, 0) is 4.93 Å². The van der Waals surface area contributed by atoms with Crippen molar-refractivity contribution in [3.63, 3.8) is 0 Å². The predicted molar refractivity (Wildman–Crippen MR) is 40.7 cm³/mol. The molecule has 0 unspecified atom stereocenters. The average molecular weight is 210 g/mol. The maximum Gasteiger partial charge on any atom is -0.0121 e. The molecule has 0 aliphatic carbocycles. The minimum absolute atomic E-state index is 0. The van der Waals surface area contributed by atoms with Crippen LogP contribution in [0.3, 0.4) is 0 Å². The van der Waals surface area contributed by atoms with Gasteiger partial charge in [0.25, 0.3) is 0 Å². The zero-order valence-electron chi connectivity index (χ0n) is 2.38. The van der Waals surface area contributed by atoms with Crippen LogP contribution in [0.25, 0.3) is 0 Å². The largest absolute Gasteiger partial charge is 0.197 e. The Bertz CT molecular complexity index is 6.00. The van der Waals surface area contributed by atoms with Gasteiger partial charge in [-0.3, -0.25) is 0 Å². The first-order chi connectivity index (χ1) is 1.00. The fourth-order valence-corrected chi connectivity index (χ4v) is 0. The molecule has 0 saturated heterocycles. The van der Waals surface area contributed by atoms with Crippen molar-refractivity contribution < 1.29 is 0 Å². The number of alkyl halides is 1. The third kappa shape index (κ3) is 9.90. The molecular weight excluding hydrogens is 203 g/mol. The predicted octanol–water partition coefficient (Wildman–Crippen LogP) is 1.28. The van der Waals surface area contributed by atoms with E-state index in [1.807, 2.05) is 4.93 Å². The van der Waals surface area contributed by atoms with Crippen molar-refractivity contribution in [2.24, 2.45) is 0 Å². The van der Waals surface area contributed by atoms with E-state index in [0.29, 0.717) is 0 Å². The summed E-state index contributed by atoms with van der Waals surface area (Å²) in [4.78, 5) is 1.97. The van der Waals surface area contributed by atoms with Gasteiger partial charge in [0, 0.05) is 0 Å². The van der Waals surface area contributed by atoms with Crippen LogP contribution in [0.15, 0.2) is 0 Å². The van der Waals surface area contributed by atoms with Gasteiger partial charge in [-0.2, -0.15) is 27.0 Å². The highest BCUT2D eigenvalue weighted by Crippen LogP contribution is 1.48. The van der Waals surface area contributed by atoms with E-state index >= 15 is 0 Å². The molecule has 0 amide bonds. The van der Waals surface area contributed by atoms with Gasteiger partial charge >= 0.3 is 0 Å². The summed E-state index contributed by atoms with van der Waals surface area (Å²) in [5.74, 6) is 0. The van der Waals surface area contributed by atoms with E-state index in [1.165, 1.54) is 0 Å². The third-order valence-corrected chi connectivity index (χ3v) is 0. The highest BCUT2D eigenvalue weighted by molar-refractivity contribution is 14.1. The van der Waals surface area contributed by atoms with Crippen LogP contribution >= 0.6 is 49.6 Å². The molecule has 0 heterocycles. The molecule has 3 heteroatoms. The number of hydrogen-bond donors (Lipinski definition) is 0. The van der Waals surface area contributed by atoms with Gasteiger partial charge in [-0.25, -0.2) is 0 Å². The molecule has 0 aliphatic heterocycles. The van der Waals surface area contributed by atoms with Crippen molar-refractivity contribution in [3.8, 4) is 0 Å². The summed E-state index contributed by atoms with van der Waals surface area (Å²) in [6, 6.07) is 0. The molecular formula is CH7IS2. The molecule has 0 nitrogen and oxygen atoms in total. The summed E-state index contributed by atoms with van der Waals surface area (Å²) in [7, 11) is 0. The van der Waals surface area contributed by atoms with Gasteiger partial charge in [-0.15, -0.1) is 0 Å². The Hall–Kier alpha value is 1.43. The monoisotopic (exact) mass is 210 g/mol. The molecule has 0 fully saturated rings. The lowest BCUT2D eigenvalue weighted by atomic mass is 12.0. The summed E-state index contributed by atoms with van der Waals surface area (Å²) in [6.07, 6.45) is 0. The summed E-state index contributed by atoms with van der Waals surface area (Å²) in [5.41, 5.74) is 0. The number of rotatable bonds is 0. The van der Waals surface area contributed by atoms with Crippen LogP contribution < -0.4 is 0 Å². The second-order valence-electron chi connectivity index (χ2n) is 0. The molecule has 0 radical (unpaired) electrons. The molecule has 4 heavy (non-hydrogen) atoms. The maximum absolute atomic E-state index is 2.15. The zero-order valence-corrected chi connectivity index (χ0v) is 6.54. The summed E-state index contributed by atoms with van der Waals surface area (Å²) in [5, 5.41) is 0. The van der Waals surface area contributed by atoms with Crippen LogP contribution in [0, 0.1) is 0 Å². The molecule has 0 aromatic rings. The van der Waals surface area contributed by atoms with E-state index in [9.17, 15) is 0 Å². The van der Waals surface area contributed by atoms with Crippen molar-refractivity contribution in [3.05, 3.63) is 0 Å². The lowest BCUT2D eigenvalue weighted by Crippen LogP contribution is -0.798. The number of halogens is 1. The van der Waals surface area contributed by atoms with E-state index in [2.05, 4.69) is 22.6 Å². The van der Waals surface area contributed by atoms with Crippen LogP contribution in [0.2, 0.25) is 0 Å². The van der Waals surface area contributed by atoms with Gasteiger partial charge in [0.05, 0.1) is 0 Å². The van der Waals surface area contributed by atoms with Crippen LogP contribution in [0.4, 0.5) is 0 Å². The van der Waals surface area contributed by atoms with Crippen molar-refractivity contribution >= 4 is 49.6 Å². The number of hydrogen-bond acceptors (Lipinski definition) is 0. The second kappa shape index (κ2) is 25.5. The molecule has 30 valence electrons. The Labute approximate surface area is 54.4 Å². The quantitative estimate of drug-likeness (QED) is 0.417.